The summed E-state index contributed by atoms with van der Waals surface area (Å²) in [7, 11) is 0. The normalized spacial score (nSPS) is 11.7. The molecular weight excluding hydrogens is 154 g/mol. The minimum atomic E-state index is -0.517. The average molecular weight is 169 g/mol. The van der Waals surface area contributed by atoms with Crippen molar-refractivity contribution in [2.45, 2.75) is 27.7 Å². The van der Waals surface area contributed by atoms with E-state index in [2.05, 4.69) is 5.32 Å². The minimum absolute atomic E-state index is 0.259. The van der Waals surface area contributed by atoms with Crippen molar-refractivity contribution >= 4 is 11.8 Å². The molecule has 0 aromatic carbocycles. The van der Waals surface area contributed by atoms with E-state index < -0.39 is 5.41 Å². The van der Waals surface area contributed by atoms with E-state index in [-0.39, 0.29) is 11.8 Å². The molecule has 0 bridgehead atoms. The Morgan fingerprint density at radius 2 is 1.75 bits per heavy atom. The first kappa shape index (κ1) is 10.9. The van der Waals surface area contributed by atoms with Crippen LogP contribution in [-0.2, 0) is 9.59 Å². The van der Waals surface area contributed by atoms with Gasteiger partial charge in [-0.05, 0) is 13.0 Å². The topological polar surface area (TPSA) is 46.2 Å². The summed E-state index contributed by atoms with van der Waals surface area (Å²) < 4.78 is 0. The Bertz CT molecular complexity index is 211. The van der Waals surface area contributed by atoms with Gasteiger partial charge in [0.15, 0.2) is 0 Å². The zero-order valence-electron chi connectivity index (χ0n) is 7.97. The summed E-state index contributed by atoms with van der Waals surface area (Å²) in [6.45, 7) is 6.99. The molecule has 0 aliphatic carbocycles. The van der Waals surface area contributed by atoms with Gasteiger partial charge in [-0.1, -0.05) is 26.8 Å². The van der Waals surface area contributed by atoms with Gasteiger partial charge in [0.05, 0.1) is 0 Å². The van der Waals surface area contributed by atoms with Crippen molar-refractivity contribution in [1.29, 1.82) is 0 Å². The maximum absolute atomic E-state index is 11.2. The van der Waals surface area contributed by atoms with Gasteiger partial charge < -0.3 is 0 Å². The van der Waals surface area contributed by atoms with E-state index in [1.54, 1.807) is 33.8 Å². The fraction of sp³-hybridized carbons (Fsp3) is 0.556. The van der Waals surface area contributed by atoms with E-state index in [0.29, 0.717) is 0 Å². The van der Waals surface area contributed by atoms with Crippen molar-refractivity contribution in [1.82, 2.24) is 5.32 Å². The lowest BCUT2D eigenvalue weighted by Crippen LogP contribution is -2.38. The van der Waals surface area contributed by atoms with Gasteiger partial charge in [-0.15, -0.1) is 0 Å². The molecule has 0 saturated carbocycles. The molecule has 0 unspecified atom stereocenters. The lowest BCUT2D eigenvalue weighted by Gasteiger charge is -2.15. The van der Waals surface area contributed by atoms with Crippen molar-refractivity contribution in [3.63, 3.8) is 0 Å². The largest absolute Gasteiger partial charge is 0.292 e. The highest BCUT2D eigenvalue weighted by Gasteiger charge is 2.21. The lowest BCUT2D eigenvalue weighted by atomic mass is 9.96. The van der Waals surface area contributed by atoms with Crippen LogP contribution in [0.4, 0.5) is 0 Å². The molecule has 2 amide bonds. The molecule has 1 N–H and O–H groups in total. The molecule has 0 saturated heterocycles. The zero-order valence-corrected chi connectivity index (χ0v) is 7.97. The van der Waals surface area contributed by atoms with E-state index in [1.807, 2.05) is 0 Å². The van der Waals surface area contributed by atoms with Gasteiger partial charge >= 0.3 is 0 Å². The fourth-order valence-corrected chi connectivity index (χ4v) is 0.492. The van der Waals surface area contributed by atoms with E-state index in [9.17, 15) is 9.59 Å². The third-order valence-electron chi connectivity index (χ3n) is 1.24. The van der Waals surface area contributed by atoms with Crippen molar-refractivity contribution in [3.05, 3.63) is 12.2 Å². The minimum Gasteiger partial charge on any atom is -0.292 e. The standard InChI is InChI=1S/C9H15NO2/c1-5-6-7(11)10-8(12)9(2,3)4/h5-6H,1-4H3,(H,10,11,12)/b6-5+. The van der Waals surface area contributed by atoms with Crippen molar-refractivity contribution in [2.24, 2.45) is 5.41 Å². The Morgan fingerprint density at radius 3 is 2.08 bits per heavy atom. The lowest BCUT2D eigenvalue weighted by molar-refractivity contribution is -0.133. The van der Waals surface area contributed by atoms with Crippen LogP contribution in [0.1, 0.15) is 27.7 Å². The number of hydrogen-bond donors (Lipinski definition) is 1. The molecule has 0 aromatic heterocycles. The van der Waals surface area contributed by atoms with Gasteiger partial charge in [-0.25, -0.2) is 0 Å². The molecule has 12 heavy (non-hydrogen) atoms. The van der Waals surface area contributed by atoms with Gasteiger partial charge in [0, 0.05) is 5.41 Å². The number of nitrogens with one attached hydrogen (secondary N) is 1. The quantitative estimate of drug-likeness (QED) is 0.600. The molecule has 0 radical (unpaired) electrons. The van der Waals surface area contributed by atoms with Gasteiger partial charge in [0.2, 0.25) is 11.8 Å². The van der Waals surface area contributed by atoms with Gasteiger partial charge in [0.25, 0.3) is 0 Å². The van der Waals surface area contributed by atoms with Crippen LogP contribution in [-0.4, -0.2) is 11.8 Å². The molecule has 0 atom stereocenters. The number of amides is 2. The molecule has 0 aliphatic rings. The van der Waals surface area contributed by atoms with Crippen molar-refractivity contribution in [3.8, 4) is 0 Å². The fourth-order valence-electron chi connectivity index (χ4n) is 0.492. The predicted molar refractivity (Wildman–Crippen MR) is 47.4 cm³/mol. The number of carbonyl (C=O) groups excluding carboxylic acids is 2. The molecule has 0 spiro atoms. The smallest absolute Gasteiger partial charge is 0.250 e. The first-order valence-electron chi connectivity index (χ1n) is 3.86. The molecule has 0 aliphatic heterocycles. The summed E-state index contributed by atoms with van der Waals surface area (Å²) in [4.78, 5) is 22.1. The number of rotatable bonds is 1. The van der Waals surface area contributed by atoms with E-state index in [1.165, 1.54) is 6.08 Å². The van der Waals surface area contributed by atoms with Crippen LogP contribution in [0.15, 0.2) is 12.2 Å². The maximum Gasteiger partial charge on any atom is 0.250 e. The van der Waals surface area contributed by atoms with E-state index in [4.69, 9.17) is 0 Å². The summed E-state index contributed by atoms with van der Waals surface area (Å²) in [6.07, 6.45) is 2.91. The third kappa shape index (κ3) is 3.91. The Morgan fingerprint density at radius 1 is 1.25 bits per heavy atom. The second-order valence-corrected chi connectivity index (χ2v) is 3.57. The van der Waals surface area contributed by atoms with Crippen LogP contribution in [0.3, 0.4) is 0 Å². The van der Waals surface area contributed by atoms with Crippen LogP contribution in [0.25, 0.3) is 0 Å². The average Bonchev–Trinajstić information content (AvgIpc) is 1.85. The van der Waals surface area contributed by atoms with Crippen molar-refractivity contribution < 1.29 is 9.59 Å². The number of hydrogen-bond acceptors (Lipinski definition) is 2. The second-order valence-electron chi connectivity index (χ2n) is 3.57. The second kappa shape index (κ2) is 4.04. The number of imide groups is 1. The first-order valence-corrected chi connectivity index (χ1v) is 3.86. The SMILES string of the molecule is C/C=C/C(=O)NC(=O)C(C)(C)C. The maximum atomic E-state index is 11.2. The summed E-state index contributed by atoms with van der Waals surface area (Å²) in [5.41, 5.74) is -0.517. The summed E-state index contributed by atoms with van der Waals surface area (Å²) >= 11 is 0. The van der Waals surface area contributed by atoms with Crippen molar-refractivity contribution in [2.75, 3.05) is 0 Å². The van der Waals surface area contributed by atoms with Gasteiger partial charge in [0.1, 0.15) is 0 Å². The Labute approximate surface area is 72.8 Å². The molecule has 3 heteroatoms. The highest BCUT2D eigenvalue weighted by Crippen LogP contribution is 2.11. The van der Waals surface area contributed by atoms with Crippen LogP contribution < -0.4 is 5.32 Å². The van der Waals surface area contributed by atoms with Crippen LogP contribution in [0.2, 0.25) is 0 Å². The molecule has 0 heterocycles. The van der Waals surface area contributed by atoms with Gasteiger partial charge in [-0.3, -0.25) is 14.9 Å². The molecule has 3 nitrogen and oxygen atoms in total. The Kier molecular flexibility index (Phi) is 3.67. The van der Waals surface area contributed by atoms with E-state index in [0.717, 1.165) is 0 Å². The highest BCUT2D eigenvalue weighted by molar-refractivity contribution is 6.02. The van der Waals surface area contributed by atoms with Crippen LogP contribution in [0.5, 0.6) is 0 Å². The van der Waals surface area contributed by atoms with Crippen LogP contribution >= 0.6 is 0 Å². The highest BCUT2D eigenvalue weighted by atomic mass is 16.2. The molecule has 0 rings (SSSR count). The summed E-state index contributed by atoms with van der Waals surface area (Å²) in [5, 5.41) is 2.26. The summed E-state index contributed by atoms with van der Waals surface area (Å²) in [6, 6.07) is 0. The van der Waals surface area contributed by atoms with E-state index >= 15 is 0 Å². The van der Waals surface area contributed by atoms with Crippen LogP contribution in [0, 0.1) is 5.41 Å². The third-order valence-corrected chi connectivity index (χ3v) is 1.24. The Hall–Kier alpha value is -1.12. The number of allylic oxidation sites excluding steroid dienone is 1. The molecule has 0 fully saturated rings. The summed E-state index contributed by atoms with van der Waals surface area (Å²) in [5.74, 6) is -0.622. The predicted octanol–water partition coefficient (Wildman–Crippen LogP) is 1.25. The Balaban J connectivity index is 4.11. The molecule has 68 valence electrons. The molecular formula is C9H15NO2. The molecule has 0 aromatic rings. The zero-order chi connectivity index (χ0) is 9.78. The number of carbonyl (C=O) groups is 2. The monoisotopic (exact) mass is 169 g/mol. The first-order chi connectivity index (χ1) is 5.38. The van der Waals surface area contributed by atoms with Gasteiger partial charge in [-0.2, -0.15) is 0 Å².